The van der Waals surface area contributed by atoms with E-state index in [9.17, 15) is 24.0 Å². The number of carbonyl (C=O) groups excluding carboxylic acids is 3. The van der Waals surface area contributed by atoms with E-state index in [-0.39, 0.29) is 37.0 Å². The lowest BCUT2D eigenvalue weighted by molar-refractivity contribution is -0.169. The molecule has 300 valence electrons. The first-order chi connectivity index (χ1) is 25.8. The summed E-state index contributed by atoms with van der Waals surface area (Å²) in [6.07, 6.45) is 18.5. The van der Waals surface area contributed by atoms with Crippen molar-refractivity contribution in [2.75, 3.05) is 6.61 Å². The Hall–Kier alpha value is -3.48. The summed E-state index contributed by atoms with van der Waals surface area (Å²) < 4.78 is 25.1. The molecule has 1 aliphatic rings. The van der Waals surface area contributed by atoms with Gasteiger partial charge in [-0.2, -0.15) is 0 Å². The number of H-pyrrole nitrogens is 2. The van der Waals surface area contributed by atoms with Gasteiger partial charge < -0.3 is 23.9 Å². The van der Waals surface area contributed by atoms with Gasteiger partial charge in [-0.1, -0.05) is 136 Å². The van der Waals surface area contributed by atoms with E-state index in [2.05, 4.69) is 35.7 Å². The smallest absolute Gasteiger partial charge is 0.330 e. The number of hydrogen-bond acceptors (Lipinski definition) is 10. The van der Waals surface area contributed by atoms with Crippen molar-refractivity contribution < 1.29 is 33.3 Å². The highest BCUT2D eigenvalue weighted by atomic mass is 16.7. The molecule has 0 saturated carbocycles. The predicted octanol–water partition coefficient (Wildman–Crippen LogP) is 8.10. The fraction of sp³-hybridized carbons (Fsp3) is 0.800. The maximum Gasteiger partial charge on any atom is 0.330 e. The van der Waals surface area contributed by atoms with Crippen LogP contribution in [0.2, 0.25) is 0 Å². The van der Waals surface area contributed by atoms with Gasteiger partial charge in [0.2, 0.25) is 0 Å². The molecule has 3 rings (SSSR count). The lowest BCUT2D eigenvalue weighted by atomic mass is 10.1. The molecule has 4 atom stereocenters. The predicted molar refractivity (Wildman–Crippen MR) is 203 cm³/mol. The van der Waals surface area contributed by atoms with Crippen molar-refractivity contribution in [2.45, 2.75) is 199 Å². The van der Waals surface area contributed by atoms with Crippen molar-refractivity contribution in [3.05, 3.63) is 27.2 Å². The normalized spacial score (nSPS) is 18.4. The maximum absolute atomic E-state index is 13.3. The molecule has 1 fully saturated rings. The van der Waals surface area contributed by atoms with Crippen molar-refractivity contribution in [3.63, 3.8) is 0 Å². The number of unbranched alkanes of at least 4 members (excludes halogenated alkanes) is 18. The summed E-state index contributed by atoms with van der Waals surface area (Å²) in [5.41, 5.74) is -1.37. The summed E-state index contributed by atoms with van der Waals surface area (Å²) in [5, 5.41) is 0. The highest BCUT2D eigenvalue weighted by Gasteiger charge is 2.52. The fourth-order valence-corrected chi connectivity index (χ4v) is 6.85. The molecule has 2 aromatic heterocycles. The molecule has 0 radical (unpaired) electrons. The van der Waals surface area contributed by atoms with Crippen LogP contribution < -0.4 is 11.2 Å². The van der Waals surface area contributed by atoms with Gasteiger partial charge in [0.1, 0.15) is 12.7 Å². The van der Waals surface area contributed by atoms with Crippen LogP contribution in [0.15, 0.2) is 15.9 Å². The van der Waals surface area contributed by atoms with Crippen LogP contribution in [0, 0.1) is 0 Å². The molecule has 0 bridgehead atoms. The monoisotopic (exact) mass is 746 g/mol. The van der Waals surface area contributed by atoms with E-state index in [0.717, 1.165) is 87.9 Å². The standard InChI is InChI=1S/C40H66N4O9/c1-4-7-10-13-16-19-22-25-31(45)50-28-30-35(52-32(46)26-23-20-17-14-11-8-5-2)36(53-33(47)27-24-21-18-15-12-9-6-3)39(51-30)44-37-34(43-40(44)49)38(48)42-29-41-37/h29-30,35-36,39H,4-28H2,1-3H3,(H,43,49)(H,41,42,48)/t30-,35-,36-,39-/m1/s1. The van der Waals surface area contributed by atoms with E-state index in [1.165, 1.54) is 38.5 Å². The zero-order valence-corrected chi connectivity index (χ0v) is 32.6. The molecule has 1 aliphatic heterocycles. The van der Waals surface area contributed by atoms with Crippen LogP contribution in [0.4, 0.5) is 0 Å². The van der Waals surface area contributed by atoms with Gasteiger partial charge in [0.15, 0.2) is 29.6 Å². The first-order valence-corrected chi connectivity index (χ1v) is 20.7. The Morgan fingerprint density at radius 1 is 0.660 bits per heavy atom. The quantitative estimate of drug-likeness (QED) is 0.0471. The van der Waals surface area contributed by atoms with Gasteiger partial charge in [-0.3, -0.25) is 24.2 Å². The van der Waals surface area contributed by atoms with Crippen molar-refractivity contribution in [1.29, 1.82) is 0 Å². The van der Waals surface area contributed by atoms with Crippen molar-refractivity contribution >= 4 is 29.1 Å². The van der Waals surface area contributed by atoms with Crippen molar-refractivity contribution in [1.82, 2.24) is 19.5 Å². The minimum Gasteiger partial charge on any atom is -0.463 e. The number of rotatable bonds is 29. The van der Waals surface area contributed by atoms with Gasteiger partial charge in [-0.15, -0.1) is 0 Å². The molecule has 0 aliphatic carbocycles. The summed E-state index contributed by atoms with van der Waals surface area (Å²) in [6, 6.07) is 0. The minimum absolute atomic E-state index is 0.0124. The van der Waals surface area contributed by atoms with Crippen LogP contribution in [0.25, 0.3) is 11.2 Å². The zero-order chi connectivity index (χ0) is 38.3. The van der Waals surface area contributed by atoms with Gasteiger partial charge >= 0.3 is 23.6 Å². The highest BCUT2D eigenvalue weighted by molar-refractivity contribution is 5.72. The fourth-order valence-electron chi connectivity index (χ4n) is 6.85. The molecule has 2 aromatic rings. The molecule has 1 saturated heterocycles. The van der Waals surface area contributed by atoms with Gasteiger partial charge in [0.05, 0.1) is 6.33 Å². The number of hydrogen-bond donors (Lipinski definition) is 2. The number of imidazole rings is 1. The zero-order valence-electron chi connectivity index (χ0n) is 32.6. The third-order valence-electron chi connectivity index (χ3n) is 9.95. The molecular weight excluding hydrogens is 680 g/mol. The molecule has 0 amide bonds. The van der Waals surface area contributed by atoms with Crippen LogP contribution in [-0.4, -0.2) is 62.3 Å². The second kappa shape index (κ2) is 25.5. The average Bonchev–Trinajstić information content (AvgIpc) is 3.65. The van der Waals surface area contributed by atoms with Crippen LogP contribution in [0.3, 0.4) is 0 Å². The molecule has 0 aromatic carbocycles. The number of ether oxygens (including phenoxy) is 4. The lowest BCUT2D eigenvalue weighted by Gasteiger charge is -2.24. The van der Waals surface area contributed by atoms with Gasteiger partial charge in [-0.25, -0.2) is 14.3 Å². The van der Waals surface area contributed by atoms with Gasteiger partial charge in [-0.05, 0) is 19.3 Å². The third kappa shape index (κ3) is 15.4. The third-order valence-corrected chi connectivity index (χ3v) is 9.95. The Morgan fingerprint density at radius 3 is 1.62 bits per heavy atom. The molecule has 0 unspecified atom stereocenters. The minimum atomic E-state index is -1.31. The van der Waals surface area contributed by atoms with Crippen LogP contribution in [-0.2, 0) is 33.3 Å². The number of nitrogens with one attached hydrogen (secondary N) is 2. The number of aromatic nitrogens is 4. The SMILES string of the molecule is CCCCCCCCCC(=O)OC[C@H]1O[C@@H](n2c(=O)[nH]c3c(=O)[nH]cnc32)[C@H](OC(=O)CCCCCCCCC)[C@@H]1OC(=O)CCCCCCCCC. The molecule has 53 heavy (non-hydrogen) atoms. The first kappa shape index (κ1) is 43.9. The summed E-state index contributed by atoms with van der Waals surface area (Å²) in [5.74, 6) is -1.44. The number of esters is 3. The molecule has 2 N–H and O–H groups in total. The molecule has 13 nitrogen and oxygen atoms in total. The molecule has 3 heterocycles. The van der Waals surface area contributed by atoms with Crippen LogP contribution >= 0.6 is 0 Å². The van der Waals surface area contributed by atoms with Gasteiger partial charge in [0, 0.05) is 19.3 Å². The first-order valence-electron chi connectivity index (χ1n) is 20.7. The second-order valence-corrected chi connectivity index (χ2v) is 14.5. The van der Waals surface area contributed by atoms with E-state index in [1.807, 2.05) is 0 Å². The summed E-state index contributed by atoms with van der Waals surface area (Å²) in [6.45, 7) is 6.23. The maximum atomic E-state index is 13.3. The van der Waals surface area contributed by atoms with Crippen molar-refractivity contribution in [3.8, 4) is 0 Å². The van der Waals surface area contributed by atoms with Crippen molar-refractivity contribution in [2.24, 2.45) is 0 Å². The van der Waals surface area contributed by atoms with Crippen LogP contribution in [0.5, 0.6) is 0 Å². The number of carbonyl (C=O) groups is 3. The summed E-state index contributed by atoms with van der Waals surface area (Å²) in [7, 11) is 0. The average molecular weight is 747 g/mol. The Labute approximate surface area is 314 Å². The molecule has 13 heteroatoms. The van der Waals surface area contributed by atoms with Gasteiger partial charge in [0.25, 0.3) is 5.56 Å². The largest absolute Gasteiger partial charge is 0.463 e. The number of aromatic amines is 2. The van der Waals surface area contributed by atoms with Crippen LogP contribution in [0.1, 0.15) is 181 Å². The molecular formula is C40H66N4O9. The highest BCUT2D eigenvalue weighted by Crippen LogP contribution is 2.35. The molecule has 0 spiro atoms. The Kier molecular flexibility index (Phi) is 21.2. The summed E-state index contributed by atoms with van der Waals surface area (Å²) >= 11 is 0. The van der Waals surface area contributed by atoms with E-state index < -0.39 is 53.7 Å². The Balaban J connectivity index is 1.78. The Morgan fingerprint density at radius 2 is 1.11 bits per heavy atom. The van der Waals surface area contributed by atoms with E-state index in [4.69, 9.17) is 18.9 Å². The number of fused-ring (bicyclic) bond motifs is 1. The summed E-state index contributed by atoms with van der Waals surface area (Å²) in [4.78, 5) is 74.5. The lowest BCUT2D eigenvalue weighted by Crippen LogP contribution is -2.42. The van der Waals surface area contributed by atoms with E-state index in [0.29, 0.717) is 19.3 Å². The van der Waals surface area contributed by atoms with E-state index in [1.54, 1.807) is 0 Å². The second-order valence-electron chi connectivity index (χ2n) is 14.5. The van der Waals surface area contributed by atoms with E-state index >= 15 is 0 Å². The Bertz CT molecular complexity index is 1470. The topological polar surface area (TPSA) is 172 Å². The number of nitrogens with zero attached hydrogens (tertiary/aromatic N) is 2.